The van der Waals surface area contributed by atoms with Gasteiger partial charge in [-0.1, -0.05) is 87.8 Å². The highest BCUT2D eigenvalue weighted by atomic mass is 32.2. The van der Waals surface area contributed by atoms with Gasteiger partial charge in [-0.3, -0.25) is 9.78 Å². The number of nitrogens with one attached hydrogen (secondary N) is 1. The van der Waals surface area contributed by atoms with Gasteiger partial charge in [-0.25, -0.2) is 13.2 Å². The standard InChI is InChI=1S/C37H50N6O6S/c1-6-27(4)35(43-20-19-41(37(43)46)24-31-14-10-11-28(5)39-31)36(45)40-33(21-29-12-8-7-9-13-29)34(44)25-42(23-26(2)3)50(48,49)32-17-15-30(16-18-32)22-38-47/h7-18,22,26-27,33-35,44,47H,6,19-21,23-25H2,1-5H3,(H,40,45)/b38-22+/t27?,33-,34+,35?/m0/s1. The fourth-order valence-electron chi connectivity index (χ4n) is 6.19. The van der Waals surface area contributed by atoms with Gasteiger partial charge in [-0.05, 0) is 60.6 Å². The molecule has 0 bridgehead atoms. The predicted octanol–water partition coefficient (Wildman–Crippen LogP) is 4.29. The quantitative estimate of drug-likeness (QED) is 0.108. The Balaban J connectivity index is 1.59. The van der Waals surface area contributed by atoms with Crippen LogP contribution in [0.4, 0.5) is 4.79 Å². The smallest absolute Gasteiger partial charge is 0.321 e. The average molecular weight is 707 g/mol. The molecule has 270 valence electrons. The molecule has 2 unspecified atom stereocenters. The van der Waals surface area contributed by atoms with Crippen molar-refractivity contribution in [2.24, 2.45) is 17.0 Å². The molecule has 0 spiro atoms. The fraction of sp³-hybridized carbons (Fsp3) is 0.459. The van der Waals surface area contributed by atoms with Gasteiger partial charge in [0.05, 0.1) is 35.5 Å². The van der Waals surface area contributed by atoms with Crippen molar-refractivity contribution in [1.29, 1.82) is 0 Å². The van der Waals surface area contributed by atoms with Gasteiger partial charge in [0.2, 0.25) is 15.9 Å². The number of aryl methyl sites for hydroxylation is 1. The Hall–Kier alpha value is -4.33. The zero-order valence-electron chi connectivity index (χ0n) is 29.5. The number of sulfonamides is 1. The van der Waals surface area contributed by atoms with Crippen LogP contribution in [0.3, 0.4) is 0 Å². The molecule has 1 saturated heterocycles. The SMILES string of the molecule is CCC(C)C(C(=O)N[C@@H](Cc1ccccc1)[C@H](O)CN(CC(C)C)S(=O)(=O)c1ccc(/C=N/O)cc1)N1CCN(Cc2cccc(C)n2)C1=O. The van der Waals surface area contributed by atoms with Gasteiger partial charge in [0.25, 0.3) is 0 Å². The number of amides is 3. The maximum atomic E-state index is 14.3. The van der Waals surface area contributed by atoms with Crippen LogP contribution in [-0.4, -0.2) is 100 Å². The molecule has 1 fully saturated rings. The monoisotopic (exact) mass is 706 g/mol. The van der Waals surface area contributed by atoms with E-state index in [2.05, 4.69) is 15.5 Å². The predicted molar refractivity (Wildman–Crippen MR) is 192 cm³/mol. The van der Waals surface area contributed by atoms with Gasteiger partial charge in [-0.2, -0.15) is 4.31 Å². The molecule has 0 aliphatic carbocycles. The number of benzene rings is 2. The molecule has 1 aliphatic heterocycles. The number of urea groups is 1. The Morgan fingerprint density at radius 1 is 1.02 bits per heavy atom. The molecule has 2 heterocycles. The van der Waals surface area contributed by atoms with Gasteiger partial charge in [0.1, 0.15) is 6.04 Å². The van der Waals surface area contributed by atoms with Crippen LogP contribution in [0.1, 0.15) is 56.6 Å². The van der Waals surface area contributed by atoms with Gasteiger partial charge >= 0.3 is 6.03 Å². The third kappa shape index (κ3) is 9.89. The molecule has 13 heteroatoms. The Morgan fingerprint density at radius 3 is 2.34 bits per heavy atom. The highest BCUT2D eigenvalue weighted by Crippen LogP contribution is 2.24. The number of aliphatic hydroxyl groups is 1. The van der Waals surface area contributed by atoms with Crippen molar-refractivity contribution in [3.05, 3.63) is 95.3 Å². The Bertz CT molecular complexity index is 1700. The maximum absolute atomic E-state index is 14.3. The van der Waals surface area contributed by atoms with Crippen LogP contribution in [0.2, 0.25) is 0 Å². The molecule has 1 aromatic heterocycles. The lowest BCUT2D eigenvalue weighted by molar-refractivity contribution is -0.128. The molecule has 50 heavy (non-hydrogen) atoms. The van der Waals surface area contributed by atoms with Crippen molar-refractivity contribution in [3.8, 4) is 0 Å². The largest absolute Gasteiger partial charge is 0.411 e. The molecule has 0 saturated carbocycles. The van der Waals surface area contributed by atoms with E-state index in [-0.39, 0.29) is 42.3 Å². The summed E-state index contributed by atoms with van der Waals surface area (Å²) in [6.45, 7) is 10.6. The number of aromatic nitrogens is 1. The van der Waals surface area contributed by atoms with E-state index >= 15 is 0 Å². The third-order valence-electron chi connectivity index (χ3n) is 8.99. The lowest BCUT2D eigenvalue weighted by Crippen LogP contribution is -2.57. The lowest BCUT2D eigenvalue weighted by atomic mass is 9.95. The number of carbonyl (C=O) groups excluding carboxylic acids is 2. The van der Waals surface area contributed by atoms with E-state index in [1.54, 1.807) is 9.80 Å². The Morgan fingerprint density at radius 2 is 1.72 bits per heavy atom. The lowest BCUT2D eigenvalue weighted by Gasteiger charge is -2.35. The van der Waals surface area contributed by atoms with Crippen LogP contribution in [0, 0.1) is 18.8 Å². The molecule has 3 amide bonds. The molecule has 12 nitrogen and oxygen atoms in total. The zero-order valence-corrected chi connectivity index (χ0v) is 30.3. The Kier molecular flexibility index (Phi) is 13.5. The fourth-order valence-corrected chi connectivity index (χ4v) is 7.82. The first-order chi connectivity index (χ1) is 23.8. The number of aliphatic hydroxyl groups excluding tert-OH is 1. The molecule has 3 aromatic rings. The normalized spacial score (nSPS) is 16.3. The van der Waals surface area contributed by atoms with E-state index in [1.165, 1.54) is 34.8 Å². The number of carbonyl (C=O) groups is 2. The highest BCUT2D eigenvalue weighted by molar-refractivity contribution is 7.89. The van der Waals surface area contributed by atoms with Gasteiger partial charge in [0.15, 0.2) is 0 Å². The van der Waals surface area contributed by atoms with E-state index in [0.717, 1.165) is 17.0 Å². The van der Waals surface area contributed by atoms with Crippen molar-refractivity contribution in [2.75, 3.05) is 26.2 Å². The maximum Gasteiger partial charge on any atom is 0.321 e. The zero-order chi connectivity index (χ0) is 36.4. The second-order valence-corrected chi connectivity index (χ2v) is 15.3. The summed E-state index contributed by atoms with van der Waals surface area (Å²) in [5.74, 6) is -0.654. The summed E-state index contributed by atoms with van der Waals surface area (Å²) in [5.41, 5.74) is 3.00. The highest BCUT2D eigenvalue weighted by Gasteiger charge is 2.41. The molecule has 0 radical (unpaired) electrons. The molecule has 1 aliphatic rings. The van der Waals surface area contributed by atoms with Gasteiger partial charge in [-0.15, -0.1) is 0 Å². The summed E-state index contributed by atoms with van der Waals surface area (Å²) in [6.07, 6.45) is 0.787. The number of pyridine rings is 1. The summed E-state index contributed by atoms with van der Waals surface area (Å²) in [5, 5.41) is 26.7. The second-order valence-electron chi connectivity index (χ2n) is 13.4. The first-order valence-electron chi connectivity index (χ1n) is 17.1. The van der Waals surface area contributed by atoms with E-state index < -0.39 is 34.1 Å². The molecule has 4 rings (SSSR count). The number of oxime groups is 1. The summed E-state index contributed by atoms with van der Waals surface area (Å²) < 4.78 is 29.0. The van der Waals surface area contributed by atoms with Gasteiger partial charge in [0, 0.05) is 31.9 Å². The molecule has 3 N–H and O–H groups in total. The minimum Gasteiger partial charge on any atom is -0.411 e. The van der Waals surface area contributed by atoms with Crippen LogP contribution in [0.15, 0.2) is 82.8 Å². The summed E-state index contributed by atoms with van der Waals surface area (Å²) >= 11 is 0. The van der Waals surface area contributed by atoms with Crippen molar-refractivity contribution in [3.63, 3.8) is 0 Å². The number of rotatable bonds is 17. The van der Waals surface area contributed by atoms with Crippen molar-refractivity contribution >= 4 is 28.2 Å². The average Bonchev–Trinajstić information content (AvgIpc) is 3.43. The van der Waals surface area contributed by atoms with E-state index in [0.29, 0.717) is 31.6 Å². The molecule has 4 atom stereocenters. The van der Waals surface area contributed by atoms with Crippen molar-refractivity contribution < 1.29 is 28.3 Å². The van der Waals surface area contributed by atoms with Gasteiger partial charge < -0.3 is 25.4 Å². The molecular formula is C37H50N6O6S. The van der Waals surface area contributed by atoms with Crippen molar-refractivity contribution in [2.45, 2.75) is 77.1 Å². The van der Waals surface area contributed by atoms with Crippen LogP contribution in [0.5, 0.6) is 0 Å². The van der Waals surface area contributed by atoms with E-state index in [9.17, 15) is 23.1 Å². The van der Waals surface area contributed by atoms with Crippen LogP contribution >= 0.6 is 0 Å². The second kappa shape index (κ2) is 17.6. The third-order valence-corrected chi connectivity index (χ3v) is 10.8. The minimum atomic E-state index is -4.06. The summed E-state index contributed by atoms with van der Waals surface area (Å²) in [6, 6.07) is 19.1. The topological polar surface area (TPSA) is 156 Å². The summed E-state index contributed by atoms with van der Waals surface area (Å²) in [4.78, 5) is 35.8. The summed E-state index contributed by atoms with van der Waals surface area (Å²) in [7, 11) is -4.06. The van der Waals surface area contributed by atoms with E-state index in [4.69, 9.17) is 5.21 Å². The molecular weight excluding hydrogens is 657 g/mol. The number of hydrogen-bond donors (Lipinski definition) is 3. The van der Waals surface area contributed by atoms with Crippen molar-refractivity contribution in [1.82, 2.24) is 24.4 Å². The number of nitrogens with zero attached hydrogens (tertiary/aromatic N) is 5. The van der Waals surface area contributed by atoms with Crippen LogP contribution in [0.25, 0.3) is 0 Å². The minimum absolute atomic E-state index is 0.0267. The van der Waals surface area contributed by atoms with Crippen LogP contribution in [-0.2, 0) is 27.8 Å². The van der Waals surface area contributed by atoms with Crippen LogP contribution < -0.4 is 5.32 Å². The molecule has 2 aromatic carbocycles. The first kappa shape index (κ1) is 38.5. The Labute approximate surface area is 295 Å². The number of hydrogen-bond acceptors (Lipinski definition) is 8. The van der Waals surface area contributed by atoms with E-state index in [1.807, 2.05) is 83.1 Å². The first-order valence-corrected chi connectivity index (χ1v) is 18.6.